The van der Waals surface area contributed by atoms with Gasteiger partial charge in [0.1, 0.15) is 11.4 Å². The molecule has 3 aromatic rings. The van der Waals surface area contributed by atoms with Crippen molar-refractivity contribution in [3.63, 3.8) is 0 Å². The number of aromatic hydroxyl groups is 1. The summed E-state index contributed by atoms with van der Waals surface area (Å²) in [4.78, 5) is 18.6. The molecule has 2 heterocycles. The number of carbonyl (C=O) groups is 1. The number of aromatic nitrogens is 1. The highest BCUT2D eigenvalue weighted by Gasteiger charge is 2.45. The zero-order valence-corrected chi connectivity index (χ0v) is 21.1. The van der Waals surface area contributed by atoms with Gasteiger partial charge in [0.2, 0.25) is 0 Å². The quantitative estimate of drug-likeness (QED) is 0.457. The van der Waals surface area contributed by atoms with Crippen molar-refractivity contribution in [3.05, 3.63) is 64.8 Å². The van der Waals surface area contributed by atoms with Gasteiger partial charge in [-0.2, -0.15) is 13.2 Å². The van der Waals surface area contributed by atoms with Crippen LogP contribution in [0.4, 0.5) is 13.2 Å². The van der Waals surface area contributed by atoms with Crippen molar-refractivity contribution in [2.24, 2.45) is 5.92 Å². The number of amides is 1. The zero-order valence-electron chi connectivity index (χ0n) is 19.5. The minimum Gasteiger partial charge on any atom is -0.507 e. The van der Waals surface area contributed by atoms with Crippen LogP contribution in [0.1, 0.15) is 42.7 Å². The van der Waals surface area contributed by atoms with Crippen LogP contribution < -0.4 is 0 Å². The van der Waals surface area contributed by atoms with Crippen molar-refractivity contribution in [2.75, 3.05) is 13.1 Å². The second-order valence-corrected chi connectivity index (χ2v) is 12.3. The number of rotatable bonds is 4. The number of hydrogen-bond donors (Lipinski definition) is 1. The molecule has 1 aromatic heterocycles. The number of alkyl halides is 3. The molecule has 11 heteroatoms. The Kier molecular flexibility index (Phi) is 6.72. The van der Waals surface area contributed by atoms with Gasteiger partial charge in [0.05, 0.1) is 25.7 Å². The molecular weight excluding hydrogens is 517 g/mol. The number of para-hydroxylation sites is 1. The number of pyridine rings is 1. The highest BCUT2D eigenvalue weighted by molar-refractivity contribution is 7.92. The number of nitrogens with zero attached hydrogens (tertiary/aromatic N) is 2. The van der Waals surface area contributed by atoms with E-state index >= 15 is 0 Å². The maximum absolute atomic E-state index is 13.4. The van der Waals surface area contributed by atoms with Crippen molar-refractivity contribution in [2.45, 2.75) is 42.5 Å². The second-order valence-electron chi connectivity index (χ2n) is 9.36. The average molecular weight is 541 g/mol. The van der Waals surface area contributed by atoms with Crippen LogP contribution in [0.25, 0.3) is 10.9 Å². The van der Waals surface area contributed by atoms with Crippen molar-refractivity contribution in [3.8, 4) is 5.75 Å². The summed E-state index contributed by atoms with van der Waals surface area (Å²) in [6.07, 6.45) is -3.99. The maximum atomic E-state index is 13.4. The third-order valence-electron chi connectivity index (χ3n) is 6.92. The predicted octanol–water partition coefficient (Wildman–Crippen LogP) is 5.72. The first-order valence-corrected chi connectivity index (χ1v) is 13.1. The Morgan fingerprint density at radius 1 is 1.08 bits per heavy atom. The third-order valence-corrected chi connectivity index (χ3v) is 9.82. The summed E-state index contributed by atoms with van der Waals surface area (Å²) in [5.41, 5.74) is -0.709. The van der Waals surface area contributed by atoms with E-state index in [9.17, 15) is 31.5 Å². The molecule has 0 atom stereocenters. The summed E-state index contributed by atoms with van der Waals surface area (Å²) < 4.78 is 64.8. The van der Waals surface area contributed by atoms with Gasteiger partial charge in [-0.15, -0.1) is 0 Å². The Morgan fingerprint density at radius 3 is 2.36 bits per heavy atom. The molecule has 1 amide bonds. The molecule has 4 rings (SSSR count). The number of halogens is 4. The van der Waals surface area contributed by atoms with Crippen molar-refractivity contribution >= 4 is 38.2 Å². The third kappa shape index (κ3) is 4.64. The van der Waals surface area contributed by atoms with Crippen LogP contribution in [0, 0.1) is 5.92 Å². The number of fused-ring (bicyclic) bond motifs is 1. The van der Waals surface area contributed by atoms with Gasteiger partial charge in [0.15, 0.2) is 9.84 Å². The largest absolute Gasteiger partial charge is 0.507 e. The Bertz CT molecular complexity index is 1430. The van der Waals surface area contributed by atoms with Gasteiger partial charge in [-0.3, -0.25) is 4.79 Å². The van der Waals surface area contributed by atoms with E-state index in [1.807, 2.05) is 0 Å². The molecule has 0 saturated carbocycles. The number of benzene rings is 2. The van der Waals surface area contributed by atoms with Crippen LogP contribution in [0.3, 0.4) is 0 Å². The van der Waals surface area contributed by atoms with Gasteiger partial charge in [0, 0.05) is 24.5 Å². The van der Waals surface area contributed by atoms with E-state index in [0.717, 1.165) is 12.1 Å². The van der Waals surface area contributed by atoms with Crippen molar-refractivity contribution in [1.29, 1.82) is 0 Å². The molecule has 1 aliphatic heterocycles. The van der Waals surface area contributed by atoms with Crippen LogP contribution in [0.2, 0.25) is 5.02 Å². The van der Waals surface area contributed by atoms with E-state index in [2.05, 4.69) is 4.98 Å². The van der Waals surface area contributed by atoms with Crippen LogP contribution in [0.5, 0.6) is 5.75 Å². The first-order valence-electron chi connectivity index (χ1n) is 11.2. The van der Waals surface area contributed by atoms with E-state index in [-0.39, 0.29) is 34.5 Å². The molecule has 6 nitrogen and oxygen atoms in total. The molecule has 2 aromatic carbocycles. The topological polar surface area (TPSA) is 87.6 Å². The van der Waals surface area contributed by atoms with Crippen LogP contribution in [-0.4, -0.2) is 47.2 Å². The average Bonchev–Trinajstić information content (AvgIpc) is 2.83. The lowest BCUT2D eigenvalue weighted by Crippen LogP contribution is -2.47. The van der Waals surface area contributed by atoms with E-state index in [1.54, 1.807) is 18.2 Å². The molecule has 192 valence electrons. The standard InChI is InChI=1S/C25H24ClF3N2O4S/c1-24(2,36(34,35)17-6-3-5-16(13-17)25(27,28)29)15-9-11-31(12-10-15)23(33)20-14-21(32)18-7-4-8-19(26)22(18)30-20/h3-8,13-15H,9-12H2,1-2H3,(H,30,32). The summed E-state index contributed by atoms with van der Waals surface area (Å²) in [7, 11) is -4.11. The lowest BCUT2D eigenvalue weighted by molar-refractivity contribution is -0.137. The normalized spacial score (nSPS) is 15.9. The summed E-state index contributed by atoms with van der Waals surface area (Å²) in [6.45, 7) is 3.48. The molecule has 0 spiro atoms. The van der Waals surface area contributed by atoms with Crippen molar-refractivity contribution in [1.82, 2.24) is 9.88 Å². The first-order chi connectivity index (χ1) is 16.7. The fourth-order valence-corrected chi connectivity index (χ4v) is 6.65. The molecule has 0 bridgehead atoms. The fraction of sp³-hybridized carbons (Fsp3) is 0.360. The Balaban J connectivity index is 1.53. The molecule has 0 aliphatic carbocycles. The van der Waals surface area contributed by atoms with Gasteiger partial charge in [-0.05, 0) is 62.9 Å². The second kappa shape index (κ2) is 9.23. The lowest BCUT2D eigenvalue weighted by atomic mass is 9.85. The molecule has 1 N–H and O–H groups in total. The van der Waals surface area contributed by atoms with Crippen LogP contribution in [-0.2, 0) is 16.0 Å². The van der Waals surface area contributed by atoms with Gasteiger partial charge < -0.3 is 10.0 Å². The highest BCUT2D eigenvalue weighted by atomic mass is 35.5. The van der Waals surface area contributed by atoms with E-state index in [0.29, 0.717) is 29.8 Å². The number of sulfone groups is 1. The number of likely N-dealkylation sites (tertiary alicyclic amines) is 1. The molecule has 1 saturated heterocycles. The Hall–Kier alpha value is -2.85. The molecule has 1 fully saturated rings. The van der Waals surface area contributed by atoms with Crippen LogP contribution in [0.15, 0.2) is 53.4 Å². The van der Waals surface area contributed by atoms with E-state index in [1.165, 1.54) is 30.9 Å². The number of hydrogen-bond acceptors (Lipinski definition) is 5. The van der Waals surface area contributed by atoms with Gasteiger partial charge >= 0.3 is 6.18 Å². The highest BCUT2D eigenvalue weighted by Crippen LogP contribution is 2.40. The lowest BCUT2D eigenvalue weighted by Gasteiger charge is -2.40. The predicted molar refractivity (Wildman–Crippen MR) is 130 cm³/mol. The number of piperidine rings is 1. The van der Waals surface area contributed by atoms with Crippen molar-refractivity contribution < 1.29 is 31.5 Å². The first kappa shape index (κ1) is 26.2. The van der Waals surface area contributed by atoms with Crippen LogP contribution >= 0.6 is 11.6 Å². The minimum absolute atomic E-state index is 0.0161. The zero-order chi connectivity index (χ0) is 26.5. The summed E-state index contributed by atoms with van der Waals surface area (Å²) in [5, 5.41) is 11.0. The SMILES string of the molecule is CC(C)(C1CCN(C(=O)c2cc(O)c3cccc(Cl)c3n2)CC1)S(=O)(=O)c1cccc(C(F)(F)F)c1. The summed E-state index contributed by atoms with van der Waals surface area (Å²) >= 11 is 6.17. The minimum atomic E-state index is -4.66. The fourth-order valence-electron chi connectivity index (χ4n) is 4.61. The Morgan fingerprint density at radius 2 is 1.72 bits per heavy atom. The summed E-state index contributed by atoms with van der Waals surface area (Å²) in [6, 6.07) is 9.93. The van der Waals surface area contributed by atoms with Gasteiger partial charge in [-0.25, -0.2) is 13.4 Å². The van der Waals surface area contributed by atoms with E-state index in [4.69, 9.17) is 11.6 Å². The molecular formula is C25H24ClF3N2O4S. The van der Waals surface area contributed by atoms with Gasteiger partial charge in [0.25, 0.3) is 5.91 Å². The molecule has 36 heavy (non-hydrogen) atoms. The Labute approximate surface area is 211 Å². The molecule has 1 aliphatic rings. The monoisotopic (exact) mass is 540 g/mol. The van der Waals surface area contributed by atoms with Gasteiger partial charge in [-0.1, -0.05) is 23.7 Å². The summed E-state index contributed by atoms with van der Waals surface area (Å²) in [5.74, 6) is -0.952. The van der Waals surface area contributed by atoms with E-state index < -0.39 is 38.1 Å². The smallest absolute Gasteiger partial charge is 0.416 e. The maximum Gasteiger partial charge on any atom is 0.416 e. The molecule has 0 radical (unpaired) electrons. The molecule has 0 unspecified atom stereocenters. The number of carbonyl (C=O) groups excluding carboxylic acids is 1.